The van der Waals surface area contributed by atoms with Crippen molar-refractivity contribution >= 4 is 29.6 Å². The first-order chi connectivity index (χ1) is 9.23. The van der Waals surface area contributed by atoms with Gasteiger partial charge in [0.25, 0.3) is 0 Å². The summed E-state index contributed by atoms with van der Waals surface area (Å²) in [4.78, 5) is 53.4. The number of rotatable bonds is 10. The van der Waals surface area contributed by atoms with E-state index in [4.69, 9.17) is 15.3 Å². The molecule has 0 heterocycles. The average molecular weight is 289 g/mol. The van der Waals surface area contributed by atoms with E-state index in [1.165, 1.54) is 0 Å². The number of aliphatic carboxylic acids is 3. The Balaban J connectivity index is 4.20. The minimum absolute atomic E-state index is 0.0126. The van der Waals surface area contributed by atoms with Crippen molar-refractivity contribution in [3.8, 4) is 0 Å². The molecule has 0 aliphatic heterocycles. The number of carbonyl (C=O) groups is 5. The molecule has 0 aliphatic rings. The van der Waals surface area contributed by atoms with Gasteiger partial charge in [-0.1, -0.05) is 0 Å². The molecule has 0 radical (unpaired) electrons. The van der Waals surface area contributed by atoms with Crippen LogP contribution in [0.3, 0.4) is 0 Å². The molecule has 0 aromatic heterocycles. The fraction of sp³-hybridized carbons (Fsp3) is 0.545. The minimum Gasteiger partial charge on any atom is -0.481 e. The molecule has 0 spiro atoms. The van der Waals surface area contributed by atoms with E-state index in [-0.39, 0.29) is 25.7 Å². The third-order valence-corrected chi connectivity index (χ3v) is 2.33. The lowest BCUT2D eigenvalue weighted by Crippen LogP contribution is -2.40. The lowest BCUT2D eigenvalue weighted by Gasteiger charge is -2.13. The average Bonchev–Trinajstić information content (AvgIpc) is 2.34. The standard InChI is InChI=1S/C11H15NO8/c13-7(11(19)20)3-1-2-6(10(17)18)12-8(14)4-5-9(15)16/h6H,1-5H2,(H,12,14)(H,15,16)(H,17,18)(H,19,20)/t6-/m0/s1. The Morgan fingerprint density at radius 1 is 0.900 bits per heavy atom. The predicted octanol–water partition coefficient (Wildman–Crippen LogP) is -0.755. The molecule has 1 amide bonds. The Bertz CT molecular complexity index is 417. The van der Waals surface area contributed by atoms with Crippen LogP contribution in [0.5, 0.6) is 0 Å². The zero-order valence-electron chi connectivity index (χ0n) is 10.5. The topological polar surface area (TPSA) is 158 Å². The van der Waals surface area contributed by atoms with E-state index in [1.54, 1.807) is 0 Å². The summed E-state index contributed by atoms with van der Waals surface area (Å²) in [7, 11) is 0. The first kappa shape index (κ1) is 17.6. The van der Waals surface area contributed by atoms with Crippen LogP contribution in [0.15, 0.2) is 0 Å². The number of Topliss-reactive ketones (excluding diaryl/α,β-unsaturated/α-hetero) is 1. The van der Waals surface area contributed by atoms with Crippen LogP contribution >= 0.6 is 0 Å². The van der Waals surface area contributed by atoms with Gasteiger partial charge >= 0.3 is 17.9 Å². The van der Waals surface area contributed by atoms with Crippen molar-refractivity contribution in [1.82, 2.24) is 5.32 Å². The van der Waals surface area contributed by atoms with Gasteiger partial charge in [-0.05, 0) is 12.8 Å². The molecule has 0 fully saturated rings. The van der Waals surface area contributed by atoms with Gasteiger partial charge < -0.3 is 20.6 Å². The lowest BCUT2D eigenvalue weighted by atomic mass is 10.1. The van der Waals surface area contributed by atoms with E-state index < -0.39 is 42.1 Å². The quantitative estimate of drug-likeness (QED) is 0.382. The van der Waals surface area contributed by atoms with Gasteiger partial charge in [0.05, 0.1) is 6.42 Å². The second-order valence-electron chi connectivity index (χ2n) is 3.97. The molecule has 4 N–H and O–H groups in total. The molecule has 0 saturated heterocycles. The Labute approximate surface area is 113 Å². The van der Waals surface area contributed by atoms with E-state index in [9.17, 15) is 24.0 Å². The number of carbonyl (C=O) groups excluding carboxylic acids is 2. The SMILES string of the molecule is O=C(O)CCC(=O)N[C@@H](CCCC(=O)C(=O)O)C(=O)O. The van der Waals surface area contributed by atoms with Crippen molar-refractivity contribution in [1.29, 1.82) is 0 Å². The summed E-state index contributed by atoms with van der Waals surface area (Å²) in [5, 5.41) is 27.7. The predicted molar refractivity (Wildman–Crippen MR) is 62.9 cm³/mol. The van der Waals surface area contributed by atoms with Gasteiger partial charge in [-0.3, -0.25) is 14.4 Å². The summed E-state index contributed by atoms with van der Waals surface area (Å²) < 4.78 is 0. The molecular weight excluding hydrogens is 274 g/mol. The molecule has 1 atom stereocenters. The van der Waals surface area contributed by atoms with Gasteiger partial charge in [-0.2, -0.15) is 0 Å². The normalized spacial score (nSPS) is 11.4. The highest BCUT2D eigenvalue weighted by Crippen LogP contribution is 2.03. The highest BCUT2D eigenvalue weighted by molar-refractivity contribution is 6.32. The number of amides is 1. The van der Waals surface area contributed by atoms with E-state index >= 15 is 0 Å². The highest BCUT2D eigenvalue weighted by Gasteiger charge is 2.21. The zero-order valence-corrected chi connectivity index (χ0v) is 10.5. The van der Waals surface area contributed by atoms with Crippen LogP contribution < -0.4 is 5.32 Å². The van der Waals surface area contributed by atoms with E-state index in [0.29, 0.717) is 0 Å². The fourth-order valence-corrected chi connectivity index (χ4v) is 1.32. The summed E-state index contributed by atoms with van der Waals surface area (Å²) in [6.07, 6.45) is -1.23. The molecule has 9 heteroatoms. The van der Waals surface area contributed by atoms with Crippen LogP contribution in [0.2, 0.25) is 0 Å². The largest absolute Gasteiger partial charge is 0.481 e. The molecule has 0 aliphatic carbocycles. The maximum Gasteiger partial charge on any atom is 0.372 e. The van der Waals surface area contributed by atoms with Crippen LogP contribution in [0, 0.1) is 0 Å². The number of ketones is 1. The monoisotopic (exact) mass is 289 g/mol. The Morgan fingerprint density at radius 2 is 1.50 bits per heavy atom. The molecule has 20 heavy (non-hydrogen) atoms. The molecule has 0 saturated carbocycles. The summed E-state index contributed by atoms with van der Waals surface area (Å²) in [6, 6.07) is -1.28. The van der Waals surface area contributed by atoms with Crippen molar-refractivity contribution in [2.75, 3.05) is 0 Å². The summed E-state index contributed by atoms with van der Waals surface area (Å²) in [5.74, 6) is -5.88. The number of nitrogens with one attached hydrogen (secondary N) is 1. The Kier molecular flexibility index (Phi) is 7.56. The molecule has 0 aromatic carbocycles. The summed E-state index contributed by atoms with van der Waals surface area (Å²) in [5.41, 5.74) is 0. The van der Waals surface area contributed by atoms with Gasteiger partial charge in [0.2, 0.25) is 11.7 Å². The minimum atomic E-state index is -1.60. The van der Waals surface area contributed by atoms with Crippen molar-refractivity contribution in [2.45, 2.75) is 38.1 Å². The van der Waals surface area contributed by atoms with Gasteiger partial charge in [0, 0.05) is 12.8 Å². The lowest BCUT2D eigenvalue weighted by molar-refractivity contribution is -0.149. The van der Waals surface area contributed by atoms with Crippen LogP contribution in [0.25, 0.3) is 0 Å². The van der Waals surface area contributed by atoms with Crippen LogP contribution in [0.1, 0.15) is 32.1 Å². The first-order valence-electron chi connectivity index (χ1n) is 5.74. The maximum atomic E-state index is 11.3. The van der Waals surface area contributed by atoms with Crippen molar-refractivity contribution in [3.63, 3.8) is 0 Å². The van der Waals surface area contributed by atoms with E-state index in [1.807, 2.05) is 0 Å². The Hall–Kier alpha value is -2.45. The molecule has 0 bridgehead atoms. The van der Waals surface area contributed by atoms with Crippen LogP contribution in [-0.4, -0.2) is 51.0 Å². The second kappa shape index (κ2) is 8.62. The van der Waals surface area contributed by atoms with Crippen molar-refractivity contribution in [3.05, 3.63) is 0 Å². The molecular formula is C11H15NO8. The summed E-state index contributed by atoms with van der Waals surface area (Å²) in [6.45, 7) is 0. The summed E-state index contributed by atoms with van der Waals surface area (Å²) >= 11 is 0. The number of hydrogen-bond donors (Lipinski definition) is 4. The molecule has 0 unspecified atom stereocenters. The molecule has 0 rings (SSSR count). The van der Waals surface area contributed by atoms with Gasteiger partial charge in [0.15, 0.2) is 0 Å². The van der Waals surface area contributed by atoms with Crippen LogP contribution in [-0.2, 0) is 24.0 Å². The first-order valence-corrected chi connectivity index (χ1v) is 5.74. The molecule has 9 nitrogen and oxygen atoms in total. The smallest absolute Gasteiger partial charge is 0.372 e. The van der Waals surface area contributed by atoms with Crippen LogP contribution in [0.4, 0.5) is 0 Å². The number of hydrogen-bond acceptors (Lipinski definition) is 5. The van der Waals surface area contributed by atoms with Gasteiger partial charge in [-0.15, -0.1) is 0 Å². The third kappa shape index (κ3) is 7.80. The highest BCUT2D eigenvalue weighted by atomic mass is 16.4. The number of carboxylic acid groups (broad SMARTS) is 3. The van der Waals surface area contributed by atoms with E-state index in [2.05, 4.69) is 5.32 Å². The van der Waals surface area contributed by atoms with E-state index in [0.717, 1.165) is 0 Å². The third-order valence-electron chi connectivity index (χ3n) is 2.33. The Morgan fingerprint density at radius 3 is 1.95 bits per heavy atom. The fourth-order valence-electron chi connectivity index (χ4n) is 1.32. The zero-order chi connectivity index (χ0) is 15.7. The van der Waals surface area contributed by atoms with Gasteiger partial charge in [0.1, 0.15) is 6.04 Å². The van der Waals surface area contributed by atoms with Crippen molar-refractivity contribution in [2.24, 2.45) is 0 Å². The number of carboxylic acids is 3. The maximum absolute atomic E-state index is 11.3. The van der Waals surface area contributed by atoms with Crippen molar-refractivity contribution < 1.29 is 39.3 Å². The molecule has 112 valence electrons. The molecule has 0 aromatic rings. The van der Waals surface area contributed by atoms with Gasteiger partial charge in [-0.25, -0.2) is 9.59 Å². The second-order valence-corrected chi connectivity index (χ2v) is 3.97.